The maximum absolute atomic E-state index is 12.7. The molecule has 0 saturated carbocycles. The SMILES string of the molecule is O=C(NCCSc1ccccc1)c1cc(S(=O)(=O)N2CCCC2)ccc1Cl. The van der Waals surface area contributed by atoms with Crippen molar-refractivity contribution < 1.29 is 13.2 Å². The second-order valence-corrected chi connectivity index (χ2v) is 9.68. The maximum Gasteiger partial charge on any atom is 0.252 e. The van der Waals surface area contributed by atoms with Gasteiger partial charge in [-0.05, 0) is 43.2 Å². The number of amides is 1. The molecule has 2 aromatic carbocycles. The van der Waals surface area contributed by atoms with Crippen LogP contribution in [0.3, 0.4) is 0 Å². The molecule has 5 nitrogen and oxygen atoms in total. The average molecular weight is 425 g/mol. The van der Waals surface area contributed by atoms with Crippen molar-refractivity contribution in [2.24, 2.45) is 0 Å². The molecule has 0 spiro atoms. The molecule has 0 radical (unpaired) electrons. The summed E-state index contributed by atoms with van der Waals surface area (Å²) >= 11 is 7.77. The largest absolute Gasteiger partial charge is 0.351 e. The maximum atomic E-state index is 12.7. The van der Waals surface area contributed by atoms with Crippen molar-refractivity contribution in [3.05, 3.63) is 59.1 Å². The molecule has 2 aromatic rings. The Morgan fingerprint density at radius 2 is 1.81 bits per heavy atom. The zero-order valence-electron chi connectivity index (χ0n) is 14.7. The van der Waals surface area contributed by atoms with Crippen LogP contribution in [0.25, 0.3) is 0 Å². The Balaban J connectivity index is 1.64. The molecule has 3 rings (SSSR count). The number of halogens is 1. The summed E-state index contributed by atoms with van der Waals surface area (Å²) in [7, 11) is -3.58. The summed E-state index contributed by atoms with van der Waals surface area (Å²) < 4.78 is 26.8. The van der Waals surface area contributed by atoms with Gasteiger partial charge >= 0.3 is 0 Å². The Morgan fingerprint density at radius 3 is 2.52 bits per heavy atom. The van der Waals surface area contributed by atoms with E-state index in [0.29, 0.717) is 25.4 Å². The molecule has 0 unspecified atom stereocenters. The number of hydrogen-bond donors (Lipinski definition) is 1. The summed E-state index contributed by atoms with van der Waals surface area (Å²) in [6.45, 7) is 1.49. The molecule has 0 bridgehead atoms. The number of nitrogens with one attached hydrogen (secondary N) is 1. The zero-order chi connectivity index (χ0) is 19.3. The Hall–Kier alpha value is -1.54. The number of rotatable bonds is 7. The Bertz CT molecular complexity index is 898. The average Bonchev–Trinajstić information content (AvgIpc) is 3.22. The van der Waals surface area contributed by atoms with Gasteiger partial charge in [-0.15, -0.1) is 11.8 Å². The molecule has 1 amide bonds. The Morgan fingerprint density at radius 1 is 1.11 bits per heavy atom. The van der Waals surface area contributed by atoms with E-state index in [4.69, 9.17) is 11.6 Å². The summed E-state index contributed by atoms with van der Waals surface area (Å²) in [5, 5.41) is 3.05. The highest BCUT2D eigenvalue weighted by molar-refractivity contribution is 7.99. The summed E-state index contributed by atoms with van der Waals surface area (Å²) in [4.78, 5) is 13.7. The van der Waals surface area contributed by atoms with Crippen LogP contribution < -0.4 is 5.32 Å². The molecule has 1 aliphatic heterocycles. The number of thioether (sulfide) groups is 1. The molecule has 1 fully saturated rings. The van der Waals surface area contributed by atoms with Crippen LogP contribution >= 0.6 is 23.4 Å². The molecule has 8 heteroatoms. The van der Waals surface area contributed by atoms with Gasteiger partial charge in [-0.25, -0.2) is 8.42 Å². The van der Waals surface area contributed by atoms with E-state index in [1.165, 1.54) is 22.5 Å². The van der Waals surface area contributed by atoms with Crippen LogP contribution in [0.2, 0.25) is 5.02 Å². The molecule has 1 N–H and O–H groups in total. The smallest absolute Gasteiger partial charge is 0.252 e. The minimum Gasteiger partial charge on any atom is -0.351 e. The predicted molar refractivity (Wildman–Crippen MR) is 109 cm³/mol. The van der Waals surface area contributed by atoms with Gasteiger partial charge in [0.05, 0.1) is 15.5 Å². The summed E-state index contributed by atoms with van der Waals surface area (Å²) in [6, 6.07) is 14.2. The van der Waals surface area contributed by atoms with Gasteiger partial charge in [0.15, 0.2) is 0 Å². The third-order valence-electron chi connectivity index (χ3n) is 4.28. The van der Waals surface area contributed by atoms with Crippen LogP contribution in [0, 0.1) is 0 Å². The predicted octanol–water partition coefficient (Wildman–Crippen LogP) is 3.65. The van der Waals surface area contributed by atoms with Gasteiger partial charge in [-0.3, -0.25) is 4.79 Å². The van der Waals surface area contributed by atoms with Gasteiger partial charge in [0.1, 0.15) is 0 Å². The first-order valence-corrected chi connectivity index (χ1v) is 11.5. The number of carbonyl (C=O) groups excluding carboxylic acids is 1. The topological polar surface area (TPSA) is 66.5 Å². The fourth-order valence-electron chi connectivity index (χ4n) is 2.86. The molecule has 0 aromatic heterocycles. The van der Waals surface area contributed by atoms with Crippen LogP contribution in [0.4, 0.5) is 0 Å². The minimum atomic E-state index is -3.58. The zero-order valence-corrected chi connectivity index (χ0v) is 17.1. The normalized spacial score (nSPS) is 15.0. The van der Waals surface area contributed by atoms with E-state index in [-0.39, 0.29) is 21.4 Å². The molecule has 0 aliphatic carbocycles. The second kappa shape index (κ2) is 9.10. The minimum absolute atomic E-state index is 0.109. The molecular weight excluding hydrogens is 404 g/mol. The Labute approximate surface area is 169 Å². The van der Waals surface area contributed by atoms with Crippen molar-refractivity contribution in [2.45, 2.75) is 22.6 Å². The van der Waals surface area contributed by atoms with Gasteiger partial charge < -0.3 is 5.32 Å². The van der Waals surface area contributed by atoms with E-state index in [2.05, 4.69) is 5.32 Å². The summed E-state index contributed by atoms with van der Waals surface area (Å²) in [5.41, 5.74) is 0.182. The van der Waals surface area contributed by atoms with Crippen LogP contribution in [0.15, 0.2) is 58.3 Å². The first kappa shape index (κ1) is 20.2. The van der Waals surface area contributed by atoms with Gasteiger partial charge in [-0.1, -0.05) is 29.8 Å². The van der Waals surface area contributed by atoms with E-state index in [0.717, 1.165) is 17.7 Å². The lowest BCUT2D eigenvalue weighted by atomic mass is 10.2. The monoisotopic (exact) mass is 424 g/mol. The van der Waals surface area contributed by atoms with Crippen LogP contribution in [0.5, 0.6) is 0 Å². The van der Waals surface area contributed by atoms with Crippen molar-refractivity contribution in [1.29, 1.82) is 0 Å². The van der Waals surface area contributed by atoms with E-state index < -0.39 is 10.0 Å². The van der Waals surface area contributed by atoms with E-state index in [1.54, 1.807) is 11.8 Å². The number of hydrogen-bond acceptors (Lipinski definition) is 4. The molecule has 1 aliphatic rings. The highest BCUT2D eigenvalue weighted by Crippen LogP contribution is 2.25. The highest BCUT2D eigenvalue weighted by Gasteiger charge is 2.28. The third-order valence-corrected chi connectivity index (χ3v) is 7.52. The fourth-order valence-corrected chi connectivity index (χ4v) is 5.40. The van der Waals surface area contributed by atoms with Crippen LogP contribution in [0.1, 0.15) is 23.2 Å². The molecule has 0 atom stereocenters. The molecule has 144 valence electrons. The molecule has 27 heavy (non-hydrogen) atoms. The number of carbonyl (C=O) groups is 1. The third kappa shape index (κ3) is 5.04. The van der Waals surface area contributed by atoms with E-state index in [1.807, 2.05) is 30.3 Å². The van der Waals surface area contributed by atoms with Crippen LogP contribution in [-0.4, -0.2) is 44.0 Å². The fraction of sp³-hybridized carbons (Fsp3) is 0.316. The second-order valence-electron chi connectivity index (χ2n) is 6.17. The van der Waals surface area contributed by atoms with Crippen molar-refractivity contribution in [1.82, 2.24) is 9.62 Å². The lowest BCUT2D eigenvalue weighted by Gasteiger charge is -2.16. The number of sulfonamides is 1. The lowest BCUT2D eigenvalue weighted by Crippen LogP contribution is -2.29. The van der Waals surface area contributed by atoms with Crippen molar-refractivity contribution in [3.8, 4) is 0 Å². The summed E-state index contributed by atoms with van der Waals surface area (Å²) in [5.74, 6) is 0.339. The quantitative estimate of drug-likeness (QED) is 0.544. The van der Waals surface area contributed by atoms with E-state index >= 15 is 0 Å². The first-order valence-electron chi connectivity index (χ1n) is 8.74. The number of nitrogens with zero attached hydrogens (tertiary/aromatic N) is 1. The molecule has 1 heterocycles. The molecule has 1 saturated heterocycles. The standard InChI is InChI=1S/C19H21ClN2O3S2/c20-18-9-8-16(27(24,25)22-11-4-5-12-22)14-17(18)19(23)21-10-13-26-15-6-2-1-3-7-15/h1-3,6-9,14H,4-5,10-13H2,(H,21,23). The first-order chi connectivity index (χ1) is 13.0. The van der Waals surface area contributed by atoms with Crippen LogP contribution in [-0.2, 0) is 10.0 Å². The highest BCUT2D eigenvalue weighted by atomic mass is 35.5. The van der Waals surface area contributed by atoms with Gasteiger partial charge in [-0.2, -0.15) is 4.31 Å². The van der Waals surface area contributed by atoms with E-state index in [9.17, 15) is 13.2 Å². The van der Waals surface area contributed by atoms with Gasteiger partial charge in [0.2, 0.25) is 10.0 Å². The van der Waals surface area contributed by atoms with Gasteiger partial charge in [0, 0.05) is 30.3 Å². The van der Waals surface area contributed by atoms with Crippen molar-refractivity contribution in [3.63, 3.8) is 0 Å². The number of benzene rings is 2. The summed E-state index contributed by atoms with van der Waals surface area (Å²) in [6.07, 6.45) is 1.72. The lowest BCUT2D eigenvalue weighted by molar-refractivity contribution is 0.0956. The van der Waals surface area contributed by atoms with Crippen molar-refractivity contribution in [2.75, 3.05) is 25.4 Å². The van der Waals surface area contributed by atoms with Gasteiger partial charge in [0.25, 0.3) is 5.91 Å². The van der Waals surface area contributed by atoms with Crippen molar-refractivity contribution >= 4 is 39.3 Å². The Kier molecular flexibility index (Phi) is 6.81. The molecular formula is C19H21ClN2O3S2.